The van der Waals surface area contributed by atoms with Crippen molar-refractivity contribution in [3.63, 3.8) is 0 Å². The largest absolute Gasteiger partial charge is 0.480 e. The van der Waals surface area contributed by atoms with Crippen LogP contribution in [0.2, 0.25) is 0 Å². The van der Waals surface area contributed by atoms with Gasteiger partial charge in [0.15, 0.2) is 0 Å². The lowest BCUT2D eigenvalue weighted by Gasteiger charge is -2.31. The maximum Gasteiger partial charge on any atom is 0.321 e. The van der Waals surface area contributed by atoms with Crippen LogP contribution in [-0.2, 0) is 15.0 Å². The average molecular weight is 264 g/mol. The number of carbonyl (C=O) groups is 1. The third-order valence-corrected chi connectivity index (χ3v) is 4.88. The number of hydrogen-bond donors (Lipinski definition) is 2. The summed E-state index contributed by atoms with van der Waals surface area (Å²) in [5.41, 5.74) is 0. The number of nitrogens with one attached hydrogen (secondary N) is 1. The molecule has 0 aromatic rings. The molecule has 1 rings (SSSR count). The van der Waals surface area contributed by atoms with E-state index in [4.69, 9.17) is 5.11 Å². The summed E-state index contributed by atoms with van der Waals surface area (Å²) in [6.07, 6.45) is 2.75. The minimum atomic E-state index is -3.66. The number of piperidine rings is 1. The molecule has 1 aliphatic rings. The molecule has 0 aromatic carbocycles. The molecule has 7 heteroatoms. The standard InChI is InChI=1S/C10H20N2O4S/c1-3-9-4-6-12(7-5-9)17(15,16)11-8(2)10(13)14/h8-9,11H,3-7H2,1-2H3,(H,13,14). The van der Waals surface area contributed by atoms with Crippen molar-refractivity contribution in [1.82, 2.24) is 9.03 Å². The molecule has 17 heavy (non-hydrogen) atoms. The molecule has 0 amide bonds. The Balaban J connectivity index is 2.57. The van der Waals surface area contributed by atoms with Gasteiger partial charge in [-0.15, -0.1) is 0 Å². The van der Waals surface area contributed by atoms with Crippen molar-refractivity contribution in [1.29, 1.82) is 0 Å². The molecule has 100 valence electrons. The molecule has 2 N–H and O–H groups in total. The monoisotopic (exact) mass is 264 g/mol. The number of hydrogen-bond acceptors (Lipinski definition) is 3. The van der Waals surface area contributed by atoms with Crippen LogP contribution < -0.4 is 4.72 Å². The maximum atomic E-state index is 11.8. The second-order valence-electron chi connectivity index (χ2n) is 4.43. The van der Waals surface area contributed by atoms with Gasteiger partial charge in [0.2, 0.25) is 0 Å². The van der Waals surface area contributed by atoms with E-state index in [0.717, 1.165) is 19.3 Å². The van der Waals surface area contributed by atoms with Gasteiger partial charge in [-0.3, -0.25) is 4.79 Å². The van der Waals surface area contributed by atoms with Crippen molar-refractivity contribution in [3.05, 3.63) is 0 Å². The number of aliphatic carboxylic acids is 1. The molecule has 0 saturated carbocycles. The van der Waals surface area contributed by atoms with Crippen molar-refractivity contribution in [2.24, 2.45) is 5.92 Å². The van der Waals surface area contributed by atoms with Crippen LogP contribution in [-0.4, -0.2) is 42.9 Å². The summed E-state index contributed by atoms with van der Waals surface area (Å²) < 4.78 is 27.2. The van der Waals surface area contributed by atoms with Gasteiger partial charge in [0.1, 0.15) is 6.04 Å². The van der Waals surface area contributed by atoms with Crippen LogP contribution in [0.25, 0.3) is 0 Å². The maximum absolute atomic E-state index is 11.8. The zero-order chi connectivity index (χ0) is 13.1. The Labute approximate surface area is 102 Å². The molecule has 0 bridgehead atoms. The van der Waals surface area contributed by atoms with Crippen molar-refractivity contribution >= 4 is 16.2 Å². The van der Waals surface area contributed by atoms with Crippen LogP contribution in [0.5, 0.6) is 0 Å². The van der Waals surface area contributed by atoms with Crippen molar-refractivity contribution in [3.8, 4) is 0 Å². The normalized spacial score (nSPS) is 21.3. The lowest BCUT2D eigenvalue weighted by molar-refractivity contribution is -0.138. The Morgan fingerprint density at radius 2 is 2.00 bits per heavy atom. The molecule has 0 spiro atoms. The van der Waals surface area contributed by atoms with Gasteiger partial charge in [-0.25, -0.2) is 0 Å². The van der Waals surface area contributed by atoms with Crippen LogP contribution in [0.15, 0.2) is 0 Å². The summed E-state index contributed by atoms with van der Waals surface area (Å²) in [6, 6.07) is -1.09. The van der Waals surface area contributed by atoms with E-state index in [0.29, 0.717) is 19.0 Å². The summed E-state index contributed by atoms with van der Waals surface area (Å²) in [5, 5.41) is 8.68. The first-order valence-corrected chi connectivity index (χ1v) is 7.31. The molecule has 1 aliphatic heterocycles. The van der Waals surface area contributed by atoms with Gasteiger partial charge in [0.25, 0.3) is 10.2 Å². The van der Waals surface area contributed by atoms with Gasteiger partial charge in [0.05, 0.1) is 0 Å². The molecule has 1 saturated heterocycles. The highest BCUT2D eigenvalue weighted by molar-refractivity contribution is 7.87. The highest BCUT2D eigenvalue weighted by Crippen LogP contribution is 2.21. The number of nitrogens with zero attached hydrogens (tertiary/aromatic N) is 1. The highest BCUT2D eigenvalue weighted by atomic mass is 32.2. The Kier molecular flexibility index (Phi) is 4.91. The van der Waals surface area contributed by atoms with E-state index in [2.05, 4.69) is 11.6 Å². The van der Waals surface area contributed by atoms with Crippen molar-refractivity contribution in [2.45, 2.75) is 39.2 Å². The molecule has 0 radical (unpaired) electrons. The predicted molar refractivity (Wildman–Crippen MR) is 63.7 cm³/mol. The van der Waals surface area contributed by atoms with E-state index >= 15 is 0 Å². The second-order valence-corrected chi connectivity index (χ2v) is 6.14. The van der Waals surface area contributed by atoms with E-state index in [1.54, 1.807) is 0 Å². The zero-order valence-electron chi connectivity index (χ0n) is 10.2. The second kappa shape index (κ2) is 5.79. The third kappa shape index (κ3) is 3.93. The highest BCUT2D eigenvalue weighted by Gasteiger charge is 2.29. The summed E-state index contributed by atoms with van der Waals surface area (Å²) >= 11 is 0. The molecular weight excluding hydrogens is 244 g/mol. The number of rotatable bonds is 5. The molecule has 6 nitrogen and oxygen atoms in total. The van der Waals surface area contributed by atoms with Crippen LogP contribution in [0.1, 0.15) is 33.1 Å². The van der Waals surface area contributed by atoms with Gasteiger partial charge in [0, 0.05) is 13.1 Å². The first kappa shape index (κ1) is 14.4. The number of carboxylic acids is 1. The first-order chi connectivity index (χ1) is 7.86. The fraction of sp³-hybridized carbons (Fsp3) is 0.900. The Morgan fingerprint density at radius 1 is 1.47 bits per heavy atom. The summed E-state index contributed by atoms with van der Waals surface area (Å²) in [6.45, 7) is 4.36. The van der Waals surface area contributed by atoms with E-state index in [-0.39, 0.29) is 0 Å². The topological polar surface area (TPSA) is 86.7 Å². The first-order valence-electron chi connectivity index (χ1n) is 5.87. The third-order valence-electron chi connectivity index (χ3n) is 3.19. The predicted octanol–water partition coefficient (Wildman–Crippen LogP) is 0.416. The molecule has 0 aromatic heterocycles. The van der Waals surface area contributed by atoms with Gasteiger partial charge >= 0.3 is 5.97 Å². The Bertz CT molecular complexity index is 361. The quantitative estimate of drug-likeness (QED) is 0.753. The fourth-order valence-electron chi connectivity index (χ4n) is 1.91. The Morgan fingerprint density at radius 3 is 2.41 bits per heavy atom. The molecule has 1 fully saturated rings. The minimum absolute atomic E-state index is 0.472. The van der Waals surface area contributed by atoms with E-state index in [1.807, 2.05) is 0 Å². The van der Waals surface area contributed by atoms with Gasteiger partial charge in [-0.2, -0.15) is 17.4 Å². The number of carboxylic acid groups (broad SMARTS) is 1. The molecule has 1 atom stereocenters. The smallest absolute Gasteiger partial charge is 0.321 e. The zero-order valence-corrected chi connectivity index (χ0v) is 11.0. The molecular formula is C10H20N2O4S. The van der Waals surface area contributed by atoms with Crippen molar-refractivity contribution < 1.29 is 18.3 Å². The minimum Gasteiger partial charge on any atom is -0.480 e. The van der Waals surface area contributed by atoms with Crippen molar-refractivity contribution in [2.75, 3.05) is 13.1 Å². The summed E-state index contributed by atoms with van der Waals surface area (Å²) in [4.78, 5) is 10.6. The van der Waals surface area contributed by atoms with Crippen LogP contribution >= 0.6 is 0 Å². The van der Waals surface area contributed by atoms with E-state index in [9.17, 15) is 13.2 Å². The Hall–Kier alpha value is -0.660. The molecule has 1 unspecified atom stereocenters. The SMILES string of the molecule is CCC1CCN(S(=O)(=O)NC(C)C(=O)O)CC1. The molecule has 0 aliphatic carbocycles. The molecule has 1 heterocycles. The van der Waals surface area contributed by atoms with Crippen LogP contribution in [0, 0.1) is 5.92 Å². The summed E-state index contributed by atoms with van der Waals surface area (Å²) in [5.74, 6) is -0.588. The lowest BCUT2D eigenvalue weighted by atomic mass is 9.96. The van der Waals surface area contributed by atoms with E-state index < -0.39 is 22.2 Å². The van der Waals surface area contributed by atoms with Gasteiger partial charge in [-0.05, 0) is 25.7 Å². The van der Waals surface area contributed by atoms with Crippen LogP contribution in [0.3, 0.4) is 0 Å². The van der Waals surface area contributed by atoms with Gasteiger partial charge in [-0.1, -0.05) is 13.3 Å². The lowest BCUT2D eigenvalue weighted by Crippen LogP contribution is -2.49. The van der Waals surface area contributed by atoms with E-state index in [1.165, 1.54) is 11.2 Å². The van der Waals surface area contributed by atoms with Crippen LogP contribution in [0.4, 0.5) is 0 Å². The van der Waals surface area contributed by atoms with Gasteiger partial charge < -0.3 is 5.11 Å². The summed E-state index contributed by atoms with van der Waals surface area (Å²) in [7, 11) is -3.66. The average Bonchev–Trinajstić information content (AvgIpc) is 2.28. The fourth-order valence-corrected chi connectivity index (χ4v) is 3.29.